The van der Waals surface area contributed by atoms with Gasteiger partial charge in [0.15, 0.2) is 14.7 Å². The molecule has 37 heavy (non-hydrogen) atoms. The summed E-state index contributed by atoms with van der Waals surface area (Å²) in [6, 6.07) is 21.8. The van der Waals surface area contributed by atoms with E-state index in [4.69, 9.17) is 0 Å². The van der Waals surface area contributed by atoms with Gasteiger partial charge in [0.1, 0.15) is 10.9 Å². The Labute approximate surface area is 231 Å². The smallest absolute Gasteiger partial charge is 0.0651 e. The molecule has 0 atom stereocenters. The van der Waals surface area contributed by atoms with E-state index in [-0.39, 0.29) is 10.9 Å². The highest BCUT2D eigenvalue weighted by atomic mass is 32.2. The average Bonchev–Trinajstić information content (AvgIpc) is 2.88. The topological polar surface area (TPSA) is 0 Å². The van der Waals surface area contributed by atoms with E-state index < -0.39 is 0 Å². The van der Waals surface area contributed by atoms with E-state index in [1.807, 2.05) is 0 Å². The fourth-order valence-electron chi connectivity index (χ4n) is 5.76. The predicted octanol–water partition coefficient (Wildman–Crippen LogP) is 10.5. The van der Waals surface area contributed by atoms with Crippen molar-refractivity contribution >= 4 is 10.9 Å². The summed E-state index contributed by atoms with van der Waals surface area (Å²) in [5, 5.41) is 0. The zero-order valence-corrected chi connectivity index (χ0v) is 25.4. The van der Waals surface area contributed by atoms with Crippen LogP contribution in [0, 0.1) is 0 Å². The lowest BCUT2D eigenvalue weighted by Gasteiger charge is -2.22. The molecule has 0 aliphatic carbocycles. The highest BCUT2D eigenvalue weighted by molar-refractivity contribution is 7.97. The first-order valence-corrected chi connectivity index (χ1v) is 16.4. The Morgan fingerprint density at radius 3 is 1.05 bits per heavy atom. The van der Waals surface area contributed by atoms with Crippen LogP contribution >= 0.6 is 0 Å². The summed E-state index contributed by atoms with van der Waals surface area (Å²) in [5.74, 6) is 0. The fourth-order valence-corrected chi connectivity index (χ4v) is 8.56. The first kappa shape index (κ1) is 29.6. The maximum atomic E-state index is 2.58. The van der Waals surface area contributed by atoms with E-state index in [1.54, 1.807) is 32.0 Å². The molecule has 0 spiro atoms. The summed E-state index contributed by atoms with van der Waals surface area (Å²) in [7, 11) is -0.0912. The van der Waals surface area contributed by atoms with Crippen LogP contribution in [-0.2, 0) is 49.4 Å². The number of hydrogen-bond acceptors (Lipinski definition) is 0. The highest BCUT2D eigenvalue weighted by Crippen LogP contribution is 2.41. The third kappa shape index (κ3) is 7.53. The normalized spacial score (nSPS) is 11.4. The summed E-state index contributed by atoms with van der Waals surface area (Å²) < 4.78 is 0. The van der Waals surface area contributed by atoms with Crippen molar-refractivity contribution in [2.45, 2.75) is 133 Å². The quantitative estimate of drug-likeness (QED) is 0.177. The molecule has 0 N–H and O–H groups in total. The Kier molecular flexibility index (Phi) is 12.3. The molecule has 0 fully saturated rings. The van der Waals surface area contributed by atoms with Crippen LogP contribution in [0.2, 0.25) is 0 Å². The van der Waals surface area contributed by atoms with Crippen LogP contribution in [0.15, 0.2) is 69.3 Å². The van der Waals surface area contributed by atoms with Crippen molar-refractivity contribution in [2.24, 2.45) is 0 Å². The lowest BCUT2D eigenvalue weighted by Crippen LogP contribution is -2.17. The number of hydrogen-bond donors (Lipinski definition) is 0. The summed E-state index contributed by atoms with van der Waals surface area (Å²) in [6.07, 6.45) is 14.2. The largest absolute Gasteiger partial charge is 0.172 e. The average molecular weight is 516 g/mol. The van der Waals surface area contributed by atoms with E-state index in [9.17, 15) is 0 Å². The molecule has 3 aromatic rings. The van der Waals surface area contributed by atoms with Gasteiger partial charge in [-0.15, -0.1) is 0 Å². The molecule has 0 saturated heterocycles. The van der Waals surface area contributed by atoms with E-state index in [0.29, 0.717) is 0 Å². The molecule has 0 amide bonds. The van der Waals surface area contributed by atoms with Gasteiger partial charge < -0.3 is 0 Å². The van der Waals surface area contributed by atoms with E-state index in [2.05, 4.69) is 96.1 Å². The molecule has 3 aromatic carbocycles. The lowest BCUT2D eigenvalue weighted by molar-refractivity contribution is 0.827. The molecule has 1 heteroatoms. The van der Waals surface area contributed by atoms with Gasteiger partial charge in [-0.2, -0.15) is 0 Å². The zero-order valence-electron chi connectivity index (χ0n) is 24.6. The van der Waals surface area contributed by atoms with Gasteiger partial charge in [0.05, 0.1) is 0 Å². The molecule has 0 bridgehead atoms. The van der Waals surface area contributed by atoms with Crippen molar-refractivity contribution in [2.75, 3.05) is 0 Å². The van der Waals surface area contributed by atoms with Gasteiger partial charge in [0.2, 0.25) is 0 Å². The van der Waals surface area contributed by atoms with Crippen LogP contribution < -0.4 is 0 Å². The Morgan fingerprint density at radius 1 is 0.432 bits per heavy atom. The number of benzene rings is 3. The highest BCUT2D eigenvalue weighted by Gasteiger charge is 2.37. The molecule has 0 heterocycles. The van der Waals surface area contributed by atoms with Gasteiger partial charge >= 0.3 is 0 Å². The van der Waals surface area contributed by atoms with Crippen LogP contribution in [0.25, 0.3) is 0 Å². The molecule has 0 aliphatic heterocycles. The molecular formula is C36H51S+. The second-order valence-electron chi connectivity index (χ2n) is 10.6. The van der Waals surface area contributed by atoms with Crippen molar-refractivity contribution in [1.82, 2.24) is 0 Å². The van der Waals surface area contributed by atoms with Crippen LogP contribution in [-0.4, -0.2) is 0 Å². The van der Waals surface area contributed by atoms with Gasteiger partial charge in [-0.3, -0.25) is 0 Å². The zero-order chi connectivity index (χ0) is 26.6. The second kappa shape index (κ2) is 15.4. The molecule has 0 saturated carbocycles. The molecule has 0 aromatic heterocycles. The molecule has 3 rings (SSSR count). The van der Waals surface area contributed by atoms with Crippen LogP contribution in [0.4, 0.5) is 0 Å². The van der Waals surface area contributed by atoms with Gasteiger partial charge in [-0.1, -0.05) is 123 Å². The van der Waals surface area contributed by atoms with Crippen LogP contribution in [0.5, 0.6) is 0 Å². The summed E-state index contributed by atoms with van der Waals surface area (Å²) in [6.45, 7) is 14.0. The standard InChI is InChI=1S/C36H51S/c1-7-16-28-24-30(18-9-3)35(31(25-28)19-10-4)37(34-22-14-13-15-23-34)36-32(20-11-5)26-29(17-8-2)27-33(36)21-12-6/h13-15,22-27H,7-12,16-21H2,1-6H3/q+1. The maximum absolute atomic E-state index is 2.58. The molecule has 0 aliphatic rings. The fraction of sp³-hybridized carbons (Fsp3) is 0.500. The second-order valence-corrected chi connectivity index (χ2v) is 12.5. The third-order valence-electron chi connectivity index (χ3n) is 7.15. The van der Waals surface area contributed by atoms with Crippen molar-refractivity contribution in [3.63, 3.8) is 0 Å². The molecule has 0 radical (unpaired) electrons. The van der Waals surface area contributed by atoms with Crippen molar-refractivity contribution in [3.05, 3.63) is 88.0 Å². The van der Waals surface area contributed by atoms with Crippen molar-refractivity contribution in [3.8, 4) is 0 Å². The SMILES string of the molecule is CCCc1cc(CCC)c([S+](c2ccccc2)c2c(CCC)cc(CCC)cc2CCC)c(CCC)c1. The van der Waals surface area contributed by atoms with Gasteiger partial charge in [0.25, 0.3) is 0 Å². The summed E-state index contributed by atoms with van der Waals surface area (Å²) in [5.41, 5.74) is 9.49. The maximum Gasteiger partial charge on any atom is 0.172 e. The van der Waals surface area contributed by atoms with E-state index in [0.717, 1.165) is 0 Å². The summed E-state index contributed by atoms with van der Waals surface area (Å²) >= 11 is 0. The van der Waals surface area contributed by atoms with Crippen LogP contribution in [0.3, 0.4) is 0 Å². The Bertz CT molecular complexity index is 971. The van der Waals surface area contributed by atoms with Gasteiger partial charge in [-0.25, -0.2) is 0 Å². The molecule has 0 unspecified atom stereocenters. The van der Waals surface area contributed by atoms with E-state index in [1.165, 1.54) is 93.1 Å². The van der Waals surface area contributed by atoms with Crippen molar-refractivity contribution in [1.29, 1.82) is 0 Å². The molecule has 0 nitrogen and oxygen atoms in total. The first-order chi connectivity index (χ1) is 18.1. The Morgan fingerprint density at radius 2 is 0.757 bits per heavy atom. The van der Waals surface area contributed by atoms with Gasteiger partial charge in [0, 0.05) is 22.3 Å². The minimum atomic E-state index is -0.0912. The monoisotopic (exact) mass is 515 g/mol. The third-order valence-corrected chi connectivity index (χ3v) is 9.76. The van der Waals surface area contributed by atoms with Gasteiger partial charge in [-0.05, 0) is 61.8 Å². The van der Waals surface area contributed by atoms with Crippen LogP contribution in [0.1, 0.15) is 113 Å². The Balaban J connectivity index is 2.43. The lowest BCUT2D eigenvalue weighted by atomic mass is 9.97. The minimum absolute atomic E-state index is 0.0912. The molecule has 200 valence electrons. The Hall–Kier alpha value is -1.99. The summed E-state index contributed by atoms with van der Waals surface area (Å²) in [4.78, 5) is 4.78. The van der Waals surface area contributed by atoms with Crippen molar-refractivity contribution < 1.29 is 0 Å². The first-order valence-electron chi connectivity index (χ1n) is 15.2. The molecular weight excluding hydrogens is 464 g/mol. The number of aryl methyl sites for hydroxylation is 6. The number of rotatable bonds is 15. The minimum Gasteiger partial charge on any atom is -0.0651 e. The predicted molar refractivity (Wildman–Crippen MR) is 165 cm³/mol. The van der Waals surface area contributed by atoms with E-state index >= 15 is 0 Å².